The molecule has 1 aromatic rings. The summed E-state index contributed by atoms with van der Waals surface area (Å²) in [6, 6.07) is 0.861. The molecule has 12 heavy (non-hydrogen) atoms. The summed E-state index contributed by atoms with van der Waals surface area (Å²) in [6.45, 7) is 0. The molecule has 66 valence electrons. The number of aromatic nitrogens is 1. The van der Waals surface area contributed by atoms with Crippen LogP contribution in [0.5, 0.6) is 0 Å². The maximum absolute atomic E-state index is 12.1. The molecule has 0 radical (unpaired) electrons. The van der Waals surface area contributed by atoms with Crippen molar-refractivity contribution in [2.45, 2.75) is 6.43 Å². The van der Waals surface area contributed by atoms with Gasteiger partial charge in [-0.25, -0.2) is 8.78 Å². The third-order valence-electron chi connectivity index (χ3n) is 1.29. The Morgan fingerprint density at radius 2 is 2.17 bits per heavy atom. The highest BCUT2D eigenvalue weighted by Gasteiger charge is 2.16. The summed E-state index contributed by atoms with van der Waals surface area (Å²) >= 11 is 5.35. The van der Waals surface area contributed by atoms with Crippen LogP contribution in [-0.4, -0.2) is 4.98 Å². The van der Waals surface area contributed by atoms with Crippen LogP contribution in [0.2, 0.25) is 5.15 Å². The first-order chi connectivity index (χ1) is 5.52. The van der Waals surface area contributed by atoms with Gasteiger partial charge in [-0.2, -0.15) is 0 Å². The Hall–Kier alpha value is -1.10. The van der Waals surface area contributed by atoms with Crippen molar-refractivity contribution in [3.63, 3.8) is 0 Å². The van der Waals surface area contributed by atoms with Gasteiger partial charge in [0.05, 0.1) is 0 Å². The number of nitrogens with one attached hydrogen (secondary N) is 1. The van der Waals surface area contributed by atoms with E-state index in [4.69, 9.17) is 17.3 Å². The van der Waals surface area contributed by atoms with Gasteiger partial charge in [0, 0.05) is 6.07 Å². The van der Waals surface area contributed by atoms with E-state index in [1.54, 1.807) is 0 Å². The number of pyridine rings is 1. The minimum absolute atomic E-state index is 0.0538. The average molecular weight is 195 g/mol. The molecule has 0 bridgehead atoms. The first-order valence-corrected chi connectivity index (χ1v) is 3.36. The number of H-pyrrole nitrogens is 1. The zero-order valence-corrected chi connectivity index (χ0v) is 6.53. The van der Waals surface area contributed by atoms with Gasteiger partial charge in [0.2, 0.25) is 0 Å². The highest BCUT2D eigenvalue weighted by atomic mass is 35.5. The van der Waals surface area contributed by atoms with E-state index in [0.29, 0.717) is 0 Å². The molecule has 1 rings (SSSR count). The predicted molar refractivity (Wildman–Crippen MR) is 41.4 cm³/mol. The Bertz CT molecular complexity index is 350. The fourth-order valence-electron chi connectivity index (χ4n) is 0.783. The lowest BCUT2D eigenvalue weighted by molar-refractivity contribution is 0.150. The summed E-state index contributed by atoms with van der Waals surface area (Å²) in [5.41, 5.74) is 3.51. The van der Waals surface area contributed by atoms with Crippen molar-refractivity contribution in [3.05, 3.63) is 27.0 Å². The standard InChI is InChI=1S/C6H5ClF2N2O/c7-3-1-2(12)4(5(8)9)6(10)11-3/h1,5H,(H3,10,11,12). The van der Waals surface area contributed by atoms with Gasteiger partial charge in [-0.05, 0) is 0 Å². The highest BCUT2D eigenvalue weighted by molar-refractivity contribution is 6.29. The van der Waals surface area contributed by atoms with Gasteiger partial charge in [-0.3, -0.25) is 4.79 Å². The van der Waals surface area contributed by atoms with Gasteiger partial charge >= 0.3 is 0 Å². The van der Waals surface area contributed by atoms with E-state index >= 15 is 0 Å². The van der Waals surface area contributed by atoms with Gasteiger partial charge in [0.1, 0.15) is 16.5 Å². The van der Waals surface area contributed by atoms with Gasteiger partial charge in [-0.15, -0.1) is 0 Å². The van der Waals surface area contributed by atoms with E-state index < -0.39 is 17.4 Å². The minimum Gasteiger partial charge on any atom is -0.385 e. The molecule has 3 nitrogen and oxygen atoms in total. The minimum atomic E-state index is -2.88. The Labute approximate surface area is 71.2 Å². The first-order valence-electron chi connectivity index (χ1n) is 2.98. The predicted octanol–water partition coefficient (Wildman–Crippen LogP) is 1.55. The number of anilines is 1. The second-order valence-electron chi connectivity index (χ2n) is 2.11. The van der Waals surface area contributed by atoms with Crippen molar-refractivity contribution < 1.29 is 8.78 Å². The fraction of sp³-hybridized carbons (Fsp3) is 0.167. The number of alkyl halides is 2. The summed E-state index contributed by atoms with van der Waals surface area (Å²) in [7, 11) is 0. The average Bonchev–Trinajstić information content (AvgIpc) is 1.82. The van der Waals surface area contributed by atoms with Crippen LogP contribution >= 0.6 is 11.6 Å². The van der Waals surface area contributed by atoms with E-state index in [0.717, 1.165) is 6.07 Å². The number of hydrogen-bond donors (Lipinski definition) is 2. The Morgan fingerprint density at radius 3 is 2.58 bits per heavy atom. The molecule has 1 aromatic heterocycles. The Balaban J connectivity index is 3.39. The molecular weight excluding hydrogens is 190 g/mol. The maximum atomic E-state index is 12.1. The van der Waals surface area contributed by atoms with Gasteiger partial charge in [0.25, 0.3) is 6.43 Å². The summed E-state index contributed by atoms with van der Waals surface area (Å²) in [5.74, 6) is -0.387. The van der Waals surface area contributed by atoms with Crippen LogP contribution < -0.4 is 11.2 Å². The fourth-order valence-corrected chi connectivity index (χ4v) is 0.984. The van der Waals surface area contributed by atoms with Crippen LogP contribution in [-0.2, 0) is 0 Å². The van der Waals surface area contributed by atoms with E-state index in [1.165, 1.54) is 0 Å². The van der Waals surface area contributed by atoms with E-state index in [1.807, 2.05) is 0 Å². The summed E-state index contributed by atoms with van der Waals surface area (Å²) in [6.07, 6.45) is -2.88. The molecule has 1 heterocycles. The molecule has 6 heteroatoms. The topological polar surface area (TPSA) is 58.9 Å². The maximum Gasteiger partial charge on any atom is 0.271 e. The summed E-state index contributed by atoms with van der Waals surface area (Å²) < 4.78 is 24.2. The molecule has 0 spiro atoms. The molecule has 0 saturated heterocycles. The van der Waals surface area contributed by atoms with Crippen LogP contribution in [0.4, 0.5) is 14.6 Å². The molecule has 0 aliphatic carbocycles. The van der Waals surface area contributed by atoms with Crippen molar-refractivity contribution in [2.24, 2.45) is 0 Å². The molecule has 0 aliphatic heterocycles. The highest BCUT2D eigenvalue weighted by Crippen LogP contribution is 2.20. The van der Waals surface area contributed by atoms with Crippen molar-refractivity contribution in [1.82, 2.24) is 4.98 Å². The number of hydrogen-bond acceptors (Lipinski definition) is 2. The lowest BCUT2D eigenvalue weighted by atomic mass is 10.2. The molecule has 0 atom stereocenters. The number of nitrogen functional groups attached to an aromatic ring is 1. The van der Waals surface area contributed by atoms with Gasteiger partial charge < -0.3 is 10.7 Å². The van der Waals surface area contributed by atoms with Gasteiger partial charge in [0.15, 0.2) is 5.43 Å². The molecule has 0 unspecified atom stereocenters. The van der Waals surface area contributed by atoms with Crippen molar-refractivity contribution in [2.75, 3.05) is 5.73 Å². The number of aromatic amines is 1. The van der Waals surface area contributed by atoms with Gasteiger partial charge in [-0.1, -0.05) is 11.6 Å². The normalized spacial score (nSPS) is 10.7. The molecule has 0 aliphatic rings. The summed E-state index contributed by atoms with van der Waals surface area (Å²) in [4.78, 5) is 13.1. The van der Waals surface area contributed by atoms with Crippen molar-refractivity contribution in [3.8, 4) is 0 Å². The first kappa shape index (κ1) is 8.99. The van der Waals surface area contributed by atoms with E-state index in [2.05, 4.69) is 4.98 Å². The number of halogens is 3. The Morgan fingerprint density at radius 1 is 1.58 bits per heavy atom. The third-order valence-corrected chi connectivity index (χ3v) is 1.49. The van der Waals surface area contributed by atoms with Crippen LogP contribution in [0.25, 0.3) is 0 Å². The molecule has 0 aromatic carbocycles. The zero-order valence-electron chi connectivity index (χ0n) is 5.77. The van der Waals surface area contributed by atoms with Crippen LogP contribution in [0.15, 0.2) is 10.9 Å². The van der Waals surface area contributed by atoms with Crippen LogP contribution in [0.3, 0.4) is 0 Å². The molecule has 0 fully saturated rings. The van der Waals surface area contributed by atoms with E-state index in [9.17, 15) is 13.6 Å². The monoisotopic (exact) mass is 194 g/mol. The molecule has 3 N–H and O–H groups in total. The van der Waals surface area contributed by atoms with Crippen molar-refractivity contribution in [1.29, 1.82) is 0 Å². The van der Waals surface area contributed by atoms with Crippen LogP contribution in [0.1, 0.15) is 12.0 Å². The molecule has 0 amide bonds. The smallest absolute Gasteiger partial charge is 0.271 e. The van der Waals surface area contributed by atoms with Crippen LogP contribution in [0, 0.1) is 0 Å². The quantitative estimate of drug-likeness (QED) is 0.667. The molecule has 0 saturated carbocycles. The zero-order chi connectivity index (χ0) is 9.30. The Kier molecular flexibility index (Phi) is 2.32. The molecular formula is C6H5ClF2N2O. The second kappa shape index (κ2) is 3.10. The second-order valence-corrected chi connectivity index (χ2v) is 2.52. The largest absolute Gasteiger partial charge is 0.385 e. The van der Waals surface area contributed by atoms with E-state index in [-0.39, 0.29) is 11.0 Å². The summed E-state index contributed by atoms with van der Waals surface area (Å²) in [5, 5.41) is -0.0538. The van der Waals surface area contributed by atoms with Crippen molar-refractivity contribution >= 4 is 17.4 Å². The number of rotatable bonds is 1. The number of nitrogens with two attached hydrogens (primary N) is 1. The SMILES string of the molecule is Nc1[nH]c(Cl)cc(=O)c1C(F)F. The lowest BCUT2D eigenvalue weighted by Crippen LogP contribution is -2.13. The third kappa shape index (κ3) is 1.55. The lowest BCUT2D eigenvalue weighted by Gasteiger charge is -2.02.